The molecule has 0 atom stereocenters. The van der Waals surface area contributed by atoms with E-state index in [2.05, 4.69) is 19.1 Å². The highest BCUT2D eigenvalue weighted by atomic mass is 32.1. The fraction of sp³-hybridized carbons (Fsp3) is 0.312. The Morgan fingerprint density at radius 3 is 2.30 bits per heavy atom. The number of thiophene rings is 1. The van der Waals surface area contributed by atoms with Crippen molar-refractivity contribution in [1.82, 2.24) is 0 Å². The van der Waals surface area contributed by atoms with E-state index in [4.69, 9.17) is 22.7 Å². The molecular weight excluding hydrogens is 286 g/mol. The number of nitrogens with two attached hydrogens (primary N) is 1. The molecule has 4 heteroatoms. The number of aryl methyl sites for hydroxylation is 3. The summed E-state index contributed by atoms with van der Waals surface area (Å²) < 4.78 is 5.97. The van der Waals surface area contributed by atoms with E-state index in [0.717, 1.165) is 28.9 Å². The summed E-state index contributed by atoms with van der Waals surface area (Å²) >= 11 is 6.83. The second-order valence-corrected chi connectivity index (χ2v) is 6.51. The van der Waals surface area contributed by atoms with E-state index in [1.165, 1.54) is 9.75 Å². The minimum absolute atomic E-state index is 0.425. The minimum Gasteiger partial charge on any atom is -0.488 e. The Bertz CT molecular complexity index is 608. The first-order valence-corrected chi connectivity index (χ1v) is 7.85. The quantitative estimate of drug-likeness (QED) is 0.843. The molecule has 20 heavy (non-hydrogen) atoms. The molecule has 0 saturated carbocycles. The molecule has 0 amide bonds. The van der Waals surface area contributed by atoms with Crippen LogP contribution in [0.1, 0.15) is 33.4 Å². The fourth-order valence-corrected chi connectivity index (χ4v) is 3.14. The van der Waals surface area contributed by atoms with Gasteiger partial charge in [0.05, 0.1) is 0 Å². The molecule has 0 aliphatic carbocycles. The van der Waals surface area contributed by atoms with Crippen LogP contribution in [0.15, 0.2) is 24.3 Å². The molecule has 0 aliphatic heterocycles. The van der Waals surface area contributed by atoms with Crippen LogP contribution in [-0.2, 0) is 13.0 Å². The molecule has 0 unspecified atom stereocenters. The van der Waals surface area contributed by atoms with Crippen LogP contribution in [0.5, 0.6) is 5.75 Å². The van der Waals surface area contributed by atoms with Crippen LogP contribution in [0.3, 0.4) is 0 Å². The van der Waals surface area contributed by atoms with Crippen LogP contribution in [0.25, 0.3) is 0 Å². The summed E-state index contributed by atoms with van der Waals surface area (Å²) in [5.41, 5.74) is 8.71. The van der Waals surface area contributed by atoms with Gasteiger partial charge in [-0.2, -0.15) is 0 Å². The normalized spacial score (nSPS) is 10.6. The van der Waals surface area contributed by atoms with Gasteiger partial charge in [0.2, 0.25) is 0 Å². The first kappa shape index (κ1) is 15.0. The van der Waals surface area contributed by atoms with Crippen LogP contribution >= 0.6 is 23.6 Å². The lowest BCUT2D eigenvalue weighted by molar-refractivity contribution is 0.305. The van der Waals surface area contributed by atoms with Gasteiger partial charge < -0.3 is 10.5 Å². The summed E-state index contributed by atoms with van der Waals surface area (Å²) in [6.07, 6.45) is 1.07. The lowest BCUT2D eigenvalue weighted by atomic mass is 10.1. The molecule has 0 spiro atoms. The molecule has 0 aliphatic rings. The van der Waals surface area contributed by atoms with Gasteiger partial charge in [0.1, 0.15) is 17.3 Å². The van der Waals surface area contributed by atoms with Gasteiger partial charge in [-0.1, -0.05) is 19.1 Å². The van der Waals surface area contributed by atoms with Gasteiger partial charge in [-0.3, -0.25) is 0 Å². The van der Waals surface area contributed by atoms with Crippen LogP contribution < -0.4 is 10.5 Å². The standard InChI is InChI=1S/C16H19NOS2/c1-4-13-5-6-14(20-13)9-18-15-10(2)7-12(16(17)19)8-11(15)3/h5-8H,4,9H2,1-3H3,(H2,17,19). The molecule has 1 heterocycles. The predicted molar refractivity (Wildman–Crippen MR) is 89.8 cm³/mol. The molecule has 1 aromatic carbocycles. The average Bonchev–Trinajstić information content (AvgIpc) is 2.85. The summed E-state index contributed by atoms with van der Waals surface area (Å²) in [7, 11) is 0. The average molecular weight is 305 g/mol. The van der Waals surface area contributed by atoms with Crippen molar-refractivity contribution in [3.63, 3.8) is 0 Å². The Kier molecular flexibility index (Phi) is 4.78. The number of thiocarbonyl (C=S) groups is 1. The van der Waals surface area contributed by atoms with E-state index in [0.29, 0.717) is 11.6 Å². The number of hydrogen-bond donors (Lipinski definition) is 1. The molecule has 0 saturated heterocycles. The molecule has 2 rings (SSSR count). The SMILES string of the molecule is CCc1ccc(COc2c(C)cc(C(N)=S)cc2C)s1. The summed E-state index contributed by atoms with van der Waals surface area (Å²) in [4.78, 5) is 3.06. The van der Waals surface area contributed by atoms with E-state index in [-0.39, 0.29) is 0 Å². The Morgan fingerprint density at radius 1 is 1.20 bits per heavy atom. The van der Waals surface area contributed by atoms with Gasteiger partial charge >= 0.3 is 0 Å². The highest BCUT2D eigenvalue weighted by Gasteiger charge is 2.09. The third kappa shape index (κ3) is 3.38. The van der Waals surface area contributed by atoms with Crippen molar-refractivity contribution in [2.45, 2.75) is 33.8 Å². The van der Waals surface area contributed by atoms with Gasteiger partial charge in [0.15, 0.2) is 0 Å². The lowest BCUT2D eigenvalue weighted by Gasteiger charge is -2.13. The molecule has 0 bridgehead atoms. The lowest BCUT2D eigenvalue weighted by Crippen LogP contribution is -2.10. The van der Waals surface area contributed by atoms with Crippen LogP contribution in [-0.4, -0.2) is 4.99 Å². The van der Waals surface area contributed by atoms with E-state index < -0.39 is 0 Å². The maximum atomic E-state index is 5.97. The largest absolute Gasteiger partial charge is 0.488 e. The fourth-order valence-electron chi connectivity index (χ4n) is 2.15. The summed E-state index contributed by atoms with van der Waals surface area (Å²) in [6, 6.07) is 8.27. The van der Waals surface area contributed by atoms with Gasteiger partial charge in [0, 0.05) is 15.3 Å². The van der Waals surface area contributed by atoms with Gasteiger partial charge in [-0.05, 0) is 55.7 Å². The second-order valence-electron chi connectivity index (χ2n) is 4.81. The first-order valence-electron chi connectivity index (χ1n) is 6.62. The summed E-state index contributed by atoms with van der Waals surface area (Å²) in [5.74, 6) is 0.927. The summed E-state index contributed by atoms with van der Waals surface area (Å²) in [6.45, 7) is 6.82. The third-order valence-electron chi connectivity index (χ3n) is 3.17. The zero-order chi connectivity index (χ0) is 14.7. The van der Waals surface area contributed by atoms with Gasteiger partial charge in [0.25, 0.3) is 0 Å². The van der Waals surface area contributed by atoms with Crippen molar-refractivity contribution >= 4 is 28.5 Å². The van der Waals surface area contributed by atoms with Crippen molar-refractivity contribution in [2.75, 3.05) is 0 Å². The van der Waals surface area contributed by atoms with Crippen LogP contribution in [0, 0.1) is 13.8 Å². The smallest absolute Gasteiger partial charge is 0.125 e. The Labute approximate surface area is 129 Å². The Hall–Kier alpha value is -1.39. The van der Waals surface area contributed by atoms with Crippen molar-refractivity contribution in [3.05, 3.63) is 50.7 Å². The topological polar surface area (TPSA) is 35.2 Å². The van der Waals surface area contributed by atoms with Gasteiger partial charge in [-0.25, -0.2) is 0 Å². The Balaban J connectivity index is 2.15. The predicted octanol–water partition coefficient (Wildman–Crippen LogP) is 4.14. The van der Waals surface area contributed by atoms with Crippen LogP contribution in [0.4, 0.5) is 0 Å². The third-order valence-corrected chi connectivity index (χ3v) is 4.61. The van der Waals surface area contributed by atoms with E-state index >= 15 is 0 Å². The highest BCUT2D eigenvalue weighted by molar-refractivity contribution is 7.80. The maximum absolute atomic E-state index is 5.97. The van der Waals surface area contributed by atoms with Crippen molar-refractivity contribution in [1.29, 1.82) is 0 Å². The zero-order valence-corrected chi connectivity index (χ0v) is 13.7. The molecule has 2 aromatic rings. The van der Waals surface area contributed by atoms with E-state index in [1.807, 2.05) is 26.0 Å². The molecule has 2 N–H and O–H groups in total. The van der Waals surface area contributed by atoms with Crippen LogP contribution in [0.2, 0.25) is 0 Å². The second kappa shape index (κ2) is 6.37. The molecule has 106 valence electrons. The maximum Gasteiger partial charge on any atom is 0.125 e. The van der Waals surface area contributed by atoms with Gasteiger partial charge in [-0.15, -0.1) is 11.3 Å². The molecule has 0 radical (unpaired) electrons. The number of ether oxygens (including phenoxy) is 1. The monoisotopic (exact) mass is 305 g/mol. The highest BCUT2D eigenvalue weighted by Crippen LogP contribution is 2.27. The van der Waals surface area contributed by atoms with E-state index in [9.17, 15) is 0 Å². The summed E-state index contributed by atoms with van der Waals surface area (Å²) in [5, 5.41) is 0. The molecule has 1 aromatic heterocycles. The van der Waals surface area contributed by atoms with Crippen molar-refractivity contribution in [2.24, 2.45) is 5.73 Å². The number of benzene rings is 1. The first-order chi connectivity index (χ1) is 9.51. The van der Waals surface area contributed by atoms with Crippen molar-refractivity contribution in [3.8, 4) is 5.75 Å². The minimum atomic E-state index is 0.425. The molecule has 2 nitrogen and oxygen atoms in total. The zero-order valence-electron chi connectivity index (χ0n) is 12.0. The molecule has 0 fully saturated rings. The molecular formula is C16H19NOS2. The number of rotatable bonds is 5. The Morgan fingerprint density at radius 2 is 1.80 bits per heavy atom. The van der Waals surface area contributed by atoms with Crippen molar-refractivity contribution < 1.29 is 4.74 Å². The number of hydrogen-bond acceptors (Lipinski definition) is 3. The van der Waals surface area contributed by atoms with E-state index in [1.54, 1.807) is 11.3 Å².